The van der Waals surface area contributed by atoms with Crippen LogP contribution in [0.4, 0.5) is 11.6 Å². The molecule has 3 saturated heterocycles. The van der Waals surface area contributed by atoms with E-state index >= 15 is 0 Å². The van der Waals surface area contributed by atoms with Crippen LogP contribution in [-0.2, 0) is 0 Å². The molecule has 0 aliphatic carbocycles. The molecule has 6 nitrogen and oxygen atoms in total. The number of nitrogen functional groups attached to an aromatic ring is 1. The first kappa shape index (κ1) is 12.6. The van der Waals surface area contributed by atoms with Gasteiger partial charge in [-0.05, 0) is 42.3 Å². The first-order valence-electron chi connectivity index (χ1n) is 7.48. The number of anilines is 2. The van der Waals surface area contributed by atoms with Crippen LogP contribution in [0.25, 0.3) is 11.5 Å². The van der Waals surface area contributed by atoms with Gasteiger partial charge in [-0.2, -0.15) is 4.98 Å². The summed E-state index contributed by atoms with van der Waals surface area (Å²) in [5.74, 6) is 1.28. The van der Waals surface area contributed by atoms with E-state index in [1.807, 2.05) is 24.3 Å². The molecule has 110 valence electrons. The average molecular weight is 285 g/mol. The fourth-order valence-electron chi connectivity index (χ4n) is 3.22. The third-order valence-corrected chi connectivity index (χ3v) is 4.48. The molecule has 21 heavy (non-hydrogen) atoms. The molecule has 0 radical (unpaired) electrons. The Hall–Kier alpha value is -2.08. The second-order valence-corrected chi connectivity index (χ2v) is 5.79. The third kappa shape index (κ3) is 2.35. The van der Waals surface area contributed by atoms with Crippen molar-refractivity contribution in [1.29, 1.82) is 0 Å². The zero-order valence-corrected chi connectivity index (χ0v) is 11.9. The van der Waals surface area contributed by atoms with E-state index in [-0.39, 0.29) is 0 Å². The summed E-state index contributed by atoms with van der Waals surface area (Å²) in [7, 11) is 0. The second-order valence-electron chi connectivity index (χ2n) is 5.79. The molecule has 0 spiro atoms. The highest BCUT2D eigenvalue weighted by atomic mass is 16.5. The van der Waals surface area contributed by atoms with Crippen LogP contribution in [0.3, 0.4) is 0 Å². The number of hydrogen-bond acceptors (Lipinski definition) is 6. The van der Waals surface area contributed by atoms with Crippen molar-refractivity contribution in [3.05, 3.63) is 24.3 Å². The minimum absolute atomic E-state index is 0.542. The van der Waals surface area contributed by atoms with Crippen molar-refractivity contribution in [1.82, 2.24) is 15.0 Å². The smallest absolute Gasteiger partial charge is 0.266 e. The predicted octanol–water partition coefficient (Wildman–Crippen LogP) is 1.60. The Bertz CT molecular complexity index is 615. The molecule has 4 heterocycles. The zero-order chi connectivity index (χ0) is 14.2. The van der Waals surface area contributed by atoms with E-state index in [0.29, 0.717) is 11.9 Å². The van der Waals surface area contributed by atoms with E-state index in [9.17, 15) is 0 Å². The Labute approximate surface area is 123 Å². The predicted molar refractivity (Wildman–Crippen MR) is 81.0 cm³/mol. The second kappa shape index (κ2) is 5.04. The number of nitrogens with zero attached hydrogens (tertiary/aromatic N) is 4. The van der Waals surface area contributed by atoms with Gasteiger partial charge in [0, 0.05) is 43.5 Å². The van der Waals surface area contributed by atoms with Gasteiger partial charge in [0.2, 0.25) is 0 Å². The standard InChI is InChI=1S/C15H19N5O/c16-12-3-1-11(2-4-12)14-17-15(18-21-14)20-10-9-19-7-5-13(20)6-8-19/h1-4,13H,5-10,16H2. The average Bonchev–Trinajstić information content (AvgIpc) is 2.81. The number of hydrogen-bond donors (Lipinski definition) is 1. The van der Waals surface area contributed by atoms with Gasteiger partial charge in [0.1, 0.15) is 0 Å². The number of aromatic nitrogens is 2. The van der Waals surface area contributed by atoms with Crippen molar-refractivity contribution in [3.8, 4) is 11.5 Å². The van der Waals surface area contributed by atoms with Crippen molar-refractivity contribution in [2.24, 2.45) is 0 Å². The van der Waals surface area contributed by atoms with E-state index in [1.165, 1.54) is 25.9 Å². The molecule has 6 heteroatoms. The molecular weight excluding hydrogens is 266 g/mol. The van der Waals surface area contributed by atoms with Gasteiger partial charge in [0.15, 0.2) is 0 Å². The molecule has 2 aromatic rings. The molecule has 0 atom stereocenters. The van der Waals surface area contributed by atoms with E-state index in [2.05, 4.69) is 19.9 Å². The highest BCUT2D eigenvalue weighted by molar-refractivity contribution is 5.58. The lowest BCUT2D eigenvalue weighted by atomic mass is 10.1. The zero-order valence-electron chi connectivity index (χ0n) is 11.9. The summed E-state index contributed by atoms with van der Waals surface area (Å²) in [6.45, 7) is 4.43. The molecule has 2 N–H and O–H groups in total. The van der Waals surface area contributed by atoms with Gasteiger partial charge in [0.25, 0.3) is 11.8 Å². The molecule has 0 saturated carbocycles. The Morgan fingerprint density at radius 2 is 1.81 bits per heavy atom. The summed E-state index contributed by atoms with van der Waals surface area (Å²) in [5, 5.41) is 4.19. The number of nitrogens with two attached hydrogens (primary N) is 1. The Morgan fingerprint density at radius 1 is 1.05 bits per heavy atom. The lowest BCUT2D eigenvalue weighted by molar-refractivity contribution is 0.250. The minimum Gasteiger partial charge on any atom is -0.399 e. The molecule has 0 amide bonds. The van der Waals surface area contributed by atoms with Crippen LogP contribution >= 0.6 is 0 Å². The van der Waals surface area contributed by atoms with Crippen LogP contribution in [-0.4, -0.2) is 47.3 Å². The summed E-state index contributed by atoms with van der Waals surface area (Å²) in [6, 6.07) is 8.05. The summed E-state index contributed by atoms with van der Waals surface area (Å²) in [6.07, 6.45) is 2.37. The lowest BCUT2D eigenvalue weighted by Crippen LogP contribution is -2.38. The van der Waals surface area contributed by atoms with Crippen LogP contribution < -0.4 is 10.6 Å². The van der Waals surface area contributed by atoms with Crippen LogP contribution in [0.15, 0.2) is 28.8 Å². The summed E-state index contributed by atoms with van der Waals surface area (Å²) < 4.78 is 5.43. The molecule has 3 fully saturated rings. The van der Waals surface area contributed by atoms with E-state index in [0.717, 1.165) is 30.3 Å². The minimum atomic E-state index is 0.542. The van der Waals surface area contributed by atoms with Crippen molar-refractivity contribution < 1.29 is 4.52 Å². The van der Waals surface area contributed by atoms with Crippen molar-refractivity contribution in [2.75, 3.05) is 36.8 Å². The molecule has 1 aromatic heterocycles. The molecule has 3 aliphatic rings. The number of benzene rings is 1. The monoisotopic (exact) mass is 285 g/mol. The molecule has 1 aromatic carbocycles. The molecule has 0 unspecified atom stereocenters. The molecule has 2 bridgehead atoms. The first-order valence-corrected chi connectivity index (χ1v) is 7.48. The topological polar surface area (TPSA) is 71.4 Å². The SMILES string of the molecule is Nc1ccc(-c2nc(N3CCN4CCC3CC4)no2)cc1. The maximum absolute atomic E-state index is 5.71. The maximum Gasteiger partial charge on any atom is 0.266 e. The van der Waals surface area contributed by atoms with Crippen molar-refractivity contribution in [2.45, 2.75) is 18.9 Å². The quantitative estimate of drug-likeness (QED) is 0.845. The van der Waals surface area contributed by atoms with Crippen LogP contribution in [0.5, 0.6) is 0 Å². The van der Waals surface area contributed by atoms with Crippen LogP contribution in [0, 0.1) is 0 Å². The van der Waals surface area contributed by atoms with Crippen LogP contribution in [0.2, 0.25) is 0 Å². The van der Waals surface area contributed by atoms with Gasteiger partial charge < -0.3 is 20.1 Å². The Balaban J connectivity index is 1.60. The van der Waals surface area contributed by atoms with E-state index in [1.54, 1.807) is 0 Å². The summed E-state index contributed by atoms with van der Waals surface area (Å²) in [4.78, 5) is 9.40. The van der Waals surface area contributed by atoms with Gasteiger partial charge in [-0.25, -0.2) is 0 Å². The number of rotatable bonds is 2. The first-order chi connectivity index (χ1) is 10.3. The highest BCUT2D eigenvalue weighted by Gasteiger charge is 2.31. The third-order valence-electron chi connectivity index (χ3n) is 4.48. The van der Waals surface area contributed by atoms with E-state index < -0.39 is 0 Å². The normalized spacial score (nSPS) is 25.0. The fraction of sp³-hybridized carbons (Fsp3) is 0.467. The molecular formula is C15H19N5O. The van der Waals surface area contributed by atoms with E-state index in [4.69, 9.17) is 10.3 Å². The van der Waals surface area contributed by atoms with Crippen molar-refractivity contribution in [3.63, 3.8) is 0 Å². The van der Waals surface area contributed by atoms with Gasteiger partial charge in [-0.3, -0.25) is 0 Å². The maximum atomic E-state index is 5.71. The number of piperidine rings is 1. The summed E-state index contributed by atoms with van der Waals surface area (Å²) >= 11 is 0. The highest BCUT2D eigenvalue weighted by Crippen LogP contribution is 2.27. The number of fused-ring (bicyclic) bond motifs is 4. The Morgan fingerprint density at radius 3 is 2.57 bits per heavy atom. The summed E-state index contributed by atoms with van der Waals surface area (Å²) in [5.41, 5.74) is 7.35. The van der Waals surface area contributed by atoms with Gasteiger partial charge in [0.05, 0.1) is 0 Å². The van der Waals surface area contributed by atoms with Gasteiger partial charge in [-0.1, -0.05) is 0 Å². The largest absolute Gasteiger partial charge is 0.399 e. The lowest BCUT2D eigenvalue weighted by Gasteiger charge is -2.30. The van der Waals surface area contributed by atoms with Crippen LogP contribution in [0.1, 0.15) is 12.8 Å². The molecule has 3 aliphatic heterocycles. The van der Waals surface area contributed by atoms with Gasteiger partial charge >= 0.3 is 0 Å². The van der Waals surface area contributed by atoms with Crippen molar-refractivity contribution >= 4 is 11.6 Å². The molecule has 5 rings (SSSR count). The fourth-order valence-corrected chi connectivity index (χ4v) is 3.22. The Kier molecular flexibility index (Phi) is 3.03. The van der Waals surface area contributed by atoms with Gasteiger partial charge in [-0.15, -0.1) is 0 Å².